The largest absolute Gasteiger partial charge is 0.367 e. The average molecular weight is 320 g/mol. The standard InChI is InChI=1S/C18H20N6/c1-12-8-13(2)24-10-15(21-18(24)20-12)4-5-17-22-16(11-23(17)3)14-6-7-19-9-14/h6-11,19H,4-5H2,1-3H3. The fourth-order valence-corrected chi connectivity index (χ4v) is 3.04. The molecule has 0 aromatic carbocycles. The molecular formula is C18H20N6. The Morgan fingerprint density at radius 2 is 1.96 bits per heavy atom. The van der Waals surface area contributed by atoms with E-state index in [1.807, 2.05) is 36.8 Å². The summed E-state index contributed by atoms with van der Waals surface area (Å²) < 4.78 is 4.14. The molecule has 24 heavy (non-hydrogen) atoms. The highest BCUT2D eigenvalue weighted by molar-refractivity contribution is 5.57. The zero-order valence-corrected chi connectivity index (χ0v) is 14.1. The zero-order chi connectivity index (χ0) is 16.7. The summed E-state index contributed by atoms with van der Waals surface area (Å²) in [6, 6.07) is 4.10. The van der Waals surface area contributed by atoms with Gasteiger partial charge in [-0.25, -0.2) is 15.0 Å². The molecule has 0 aliphatic heterocycles. The Morgan fingerprint density at radius 1 is 1.08 bits per heavy atom. The number of hydrogen-bond acceptors (Lipinski definition) is 3. The van der Waals surface area contributed by atoms with Gasteiger partial charge in [-0.15, -0.1) is 0 Å². The molecule has 122 valence electrons. The maximum atomic E-state index is 4.75. The van der Waals surface area contributed by atoms with E-state index < -0.39 is 0 Å². The van der Waals surface area contributed by atoms with Crippen molar-refractivity contribution >= 4 is 5.78 Å². The lowest BCUT2D eigenvalue weighted by molar-refractivity contribution is 0.764. The lowest BCUT2D eigenvalue weighted by Gasteiger charge is -1.99. The van der Waals surface area contributed by atoms with E-state index in [0.717, 1.165) is 52.8 Å². The number of aromatic nitrogens is 6. The summed E-state index contributed by atoms with van der Waals surface area (Å²) in [5.74, 6) is 1.83. The van der Waals surface area contributed by atoms with Gasteiger partial charge in [-0.3, -0.25) is 4.40 Å². The van der Waals surface area contributed by atoms with Gasteiger partial charge in [-0.1, -0.05) is 0 Å². The molecule has 6 nitrogen and oxygen atoms in total. The predicted molar refractivity (Wildman–Crippen MR) is 92.9 cm³/mol. The topological polar surface area (TPSA) is 63.8 Å². The Hall–Kier alpha value is -2.89. The molecular weight excluding hydrogens is 300 g/mol. The lowest BCUT2D eigenvalue weighted by atomic mass is 10.2. The van der Waals surface area contributed by atoms with Crippen molar-refractivity contribution in [1.29, 1.82) is 0 Å². The molecule has 4 aromatic heterocycles. The van der Waals surface area contributed by atoms with Gasteiger partial charge >= 0.3 is 0 Å². The first-order valence-corrected chi connectivity index (χ1v) is 8.08. The highest BCUT2D eigenvalue weighted by Crippen LogP contribution is 2.18. The monoisotopic (exact) mass is 320 g/mol. The number of fused-ring (bicyclic) bond motifs is 1. The SMILES string of the molecule is Cc1cc(C)n2cc(CCc3nc(-c4cc[nH]c4)cn3C)nc2n1. The molecule has 4 rings (SSSR count). The molecule has 4 aromatic rings. The molecule has 0 radical (unpaired) electrons. The van der Waals surface area contributed by atoms with Crippen molar-refractivity contribution < 1.29 is 0 Å². The maximum absolute atomic E-state index is 4.75. The Morgan fingerprint density at radius 3 is 2.75 bits per heavy atom. The van der Waals surface area contributed by atoms with Crippen LogP contribution in [0.25, 0.3) is 17.0 Å². The van der Waals surface area contributed by atoms with Crippen LogP contribution in [0.1, 0.15) is 22.9 Å². The van der Waals surface area contributed by atoms with Gasteiger partial charge in [0.25, 0.3) is 0 Å². The Balaban J connectivity index is 1.56. The molecule has 0 unspecified atom stereocenters. The minimum absolute atomic E-state index is 0.773. The molecule has 0 amide bonds. The van der Waals surface area contributed by atoms with Crippen LogP contribution in [-0.4, -0.2) is 28.9 Å². The lowest BCUT2D eigenvalue weighted by Crippen LogP contribution is -2.00. The molecule has 0 atom stereocenters. The van der Waals surface area contributed by atoms with Crippen LogP contribution in [-0.2, 0) is 19.9 Å². The Labute approximate surface area is 140 Å². The molecule has 0 aliphatic carbocycles. The Bertz CT molecular complexity index is 990. The quantitative estimate of drug-likeness (QED) is 0.629. The molecule has 0 saturated heterocycles. The van der Waals surface area contributed by atoms with Gasteiger partial charge in [-0.05, 0) is 32.4 Å². The number of H-pyrrole nitrogens is 1. The highest BCUT2D eigenvalue weighted by Gasteiger charge is 2.10. The summed E-state index contributed by atoms with van der Waals surface area (Å²) in [6.07, 6.45) is 9.72. The third-order valence-corrected chi connectivity index (χ3v) is 4.28. The summed E-state index contributed by atoms with van der Waals surface area (Å²) in [6.45, 7) is 4.08. The zero-order valence-electron chi connectivity index (χ0n) is 14.1. The van der Waals surface area contributed by atoms with Gasteiger partial charge in [0.15, 0.2) is 0 Å². The molecule has 4 heterocycles. The third kappa shape index (κ3) is 2.60. The minimum atomic E-state index is 0.773. The number of nitrogens with zero attached hydrogens (tertiary/aromatic N) is 5. The molecule has 0 bridgehead atoms. The van der Waals surface area contributed by atoms with Crippen LogP contribution >= 0.6 is 0 Å². The number of aromatic amines is 1. The fraction of sp³-hybridized carbons (Fsp3) is 0.278. The second kappa shape index (κ2) is 5.63. The highest BCUT2D eigenvalue weighted by atomic mass is 15.1. The maximum Gasteiger partial charge on any atom is 0.234 e. The normalized spacial score (nSPS) is 11.5. The van der Waals surface area contributed by atoms with Crippen LogP contribution in [0, 0.1) is 13.8 Å². The van der Waals surface area contributed by atoms with Crippen LogP contribution in [0.5, 0.6) is 0 Å². The van der Waals surface area contributed by atoms with Crippen molar-refractivity contribution in [3.8, 4) is 11.3 Å². The van der Waals surface area contributed by atoms with Crippen LogP contribution in [0.2, 0.25) is 0 Å². The van der Waals surface area contributed by atoms with E-state index in [2.05, 4.69) is 44.9 Å². The summed E-state index contributed by atoms with van der Waals surface area (Å²) in [7, 11) is 2.04. The van der Waals surface area contributed by atoms with E-state index in [9.17, 15) is 0 Å². The number of nitrogens with one attached hydrogen (secondary N) is 1. The van der Waals surface area contributed by atoms with Crippen LogP contribution < -0.4 is 0 Å². The first-order valence-electron chi connectivity index (χ1n) is 8.08. The molecule has 0 saturated carbocycles. The summed E-state index contributed by atoms with van der Waals surface area (Å²) in [5.41, 5.74) is 5.31. The molecule has 1 N–H and O–H groups in total. The number of hydrogen-bond donors (Lipinski definition) is 1. The smallest absolute Gasteiger partial charge is 0.234 e. The van der Waals surface area contributed by atoms with E-state index in [0.29, 0.717) is 0 Å². The summed E-state index contributed by atoms with van der Waals surface area (Å²) >= 11 is 0. The van der Waals surface area contributed by atoms with Crippen molar-refractivity contribution in [2.24, 2.45) is 7.05 Å². The summed E-state index contributed by atoms with van der Waals surface area (Å²) in [5, 5.41) is 0. The first kappa shape index (κ1) is 14.7. The predicted octanol–water partition coefficient (Wildman–Crippen LogP) is 2.86. The van der Waals surface area contributed by atoms with Crippen LogP contribution in [0.3, 0.4) is 0 Å². The molecule has 0 aliphatic rings. The van der Waals surface area contributed by atoms with E-state index in [-0.39, 0.29) is 0 Å². The van der Waals surface area contributed by atoms with Crippen molar-refractivity contribution in [1.82, 2.24) is 28.9 Å². The van der Waals surface area contributed by atoms with Gasteiger partial charge in [-0.2, -0.15) is 0 Å². The fourth-order valence-electron chi connectivity index (χ4n) is 3.04. The van der Waals surface area contributed by atoms with Gasteiger partial charge in [0.05, 0.1) is 11.4 Å². The third-order valence-electron chi connectivity index (χ3n) is 4.28. The van der Waals surface area contributed by atoms with E-state index in [1.54, 1.807) is 0 Å². The van der Waals surface area contributed by atoms with Crippen LogP contribution in [0.15, 0.2) is 36.9 Å². The molecule has 6 heteroatoms. The van der Waals surface area contributed by atoms with Crippen molar-refractivity contribution in [3.05, 3.63) is 59.8 Å². The number of aryl methyl sites for hydroxylation is 5. The van der Waals surface area contributed by atoms with Crippen molar-refractivity contribution in [3.63, 3.8) is 0 Å². The van der Waals surface area contributed by atoms with Crippen molar-refractivity contribution in [2.45, 2.75) is 26.7 Å². The average Bonchev–Trinajstić information content (AvgIpc) is 3.24. The Kier molecular flexibility index (Phi) is 3.45. The van der Waals surface area contributed by atoms with Gasteiger partial charge in [0.2, 0.25) is 5.78 Å². The number of rotatable bonds is 4. The number of imidazole rings is 2. The molecule has 0 fully saturated rings. The van der Waals surface area contributed by atoms with Gasteiger partial charge in [0, 0.05) is 55.2 Å². The second-order valence-electron chi connectivity index (χ2n) is 6.19. The van der Waals surface area contributed by atoms with Crippen LogP contribution in [0.4, 0.5) is 0 Å². The van der Waals surface area contributed by atoms with E-state index >= 15 is 0 Å². The molecule has 0 spiro atoms. The van der Waals surface area contributed by atoms with Gasteiger partial charge in [0.1, 0.15) is 5.82 Å². The first-order chi connectivity index (χ1) is 11.6. The summed E-state index contributed by atoms with van der Waals surface area (Å²) in [4.78, 5) is 17.0. The minimum Gasteiger partial charge on any atom is -0.367 e. The van der Waals surface area contributed by atoms with E-state index in [1.165, 1.54) is 0 Å². The second-order valence-corrected chi connectivity index (χ2v) is 6.19. The van der Waals surface area contributed by atoms with Gasteiger partial charge < -0.3 is 9.55 Å². The van der Waals surface area contributed by atoms with E-state index in [4.69, 9.17) is 4.98 Å². The van der Waals surface area contributed by atoms with Crippen molar-refractivity contribution in [2.75, 3.05) is 0 Å².